The molecule has 96 valence electrons. The molecule has 0 aliphatic carbocycles. The van der Waals surface area contributed by atoms with Crippen LogP contribution in [0.15, 0.2) is 35.3 Å². The Kier molecular flexibility index (Phi) is 2.64. The van der Waals surface area contributed by atoms with Gasteiger partial charge < -0.3 is 5.84 Å². The van der Waals surface area contributed by atoms with Crippen molar-refractivity contribution in [2.75, 3.05) is 5.84 Å². The molecule has 7 nitrogen and oxygen atoms in total. The van der Waals surface area contributed by atoms with Crippen LogP contribution in [-0.4, -0.2) is 24.7 Å². The first kappa shape index (κ1) is 11.6. The first-order valence-electron chi connectivity index (χ1n) is 5.53. The van der Waals surface area contributed by atoms with E-state index < -0.39 is 0 Å². The van der Waals surface area contributed by atoms with Crippen LogP contribution in [0, 0.1) is 4.77 Å². The Morgan fingerprint density at radius 2 is 2.16 bits per heavy atom. The first-order chi connectivity index (χ1) is 9.16. The molecule has 0 amide bonds. The molecule has 0 aliphatic heterocycles. The van der Waals surface area contributed by atoms with Crippen molar-refractivity contribution in [3.63, 3.8) is 0 Å². The van der Waals surface area contributed by atoms with Crippen molar-refractivity contribution in [3.05, 3.63) is 51.4 Å². The summed E-state index contributed by atoms with van der Waals surface area (Å²) in [5, 5.41) is 12.0. The van der Waals surface area contributed by atoms with Crippen LogP contribution < -0.4 is 11.4 Å². The number of nitrogens with zero attached hydrogens (tertiary/aromatic N) is 4. The van der Waals surface area contributed by atoms with Crippen molar-refractivity contribution in [1.82, 2.24) is 24.7 Å². The molecule has 3 N–H and O–H groups in total. The Hall–Kier alpha value is -2.48. The summed E-state index contributed by atoms with van der Waals surface area (Å²) in [6, 6.07) is 7.27. The van der Waals surface area contributed by atoms with Gasteiger partial charge in [-0.3, -0.25) is 9.89 Å². The summed E-state index contributed by atoms with van der Waals surface area (Å²) >= 11 is 4.91. The maximum absolute atomic E-state index is 12.2. The number of aromatic amines is 1. The van der Waals surface area contributed by atoms with Crippen molar-refractivity contribution < 1.29 is 0 Å². The molecule has 19 heavy (non-hydrogen) atoms. The molecule has 8 heteroatoms. The van der Waals surface area contributed by atoms with Gasteiger partial charge in [-0.05, 0) is 18.3 Å². The van der Waals surface area contributed by atoms with Crippen LogP contribution in [0.4, 0.5) is 0 Å². The normalized spacial score (nSPS) is 10.9. The number of benzene rings is 1. The van der Waals surface area contributed by atoms with E-state index in [1.807, 2.05) is 18.2 Å². The van der Waals surface area contributed by atoms with Crippen molar-refractivity contribution >= 4 is 23.0 Å². The molecule has 1 aromatic carbocycles. The predicted octanol–water partition coefficient (Wildman–Crippen LogP) is 0.413. The summed E-state index contributed by atoms with van der Waals surface area (Å²) in [4.78, 5) is 12.2. The molecule has 0 saturated carbocycles. The van der Waals surface area contributed by atoms with Crippen molar-refractivity contribution in [2.45, 2.75) is 6.54 Å². The Labute approximate surface area is 112 Å². The number of fused-ring (bicyclic) bond motifs is 1. The van der Waals surface area contributed by atoms with Gasteiger partial charge in [0.1, 0.15) is 6.54 Å². The summed E-state index contributed by atoms with van der Waals surface area (Å²) in [6.45, 7) is 0.160. The lowest BCUT2D eigenvalue weighted by Crippen LogP contribution is -2.26. The van der Waals surface area contributed by atoms with Gasteiger partial charge in [-0.1, -0.05) is 18.2 Å². The maximum Gasteiger partial charge on any atom is 0.275 e. The van der Waals surface area contributed by atoms with E-state index in [0.717, 1.165) is 5.39 Å². The Morgan fingerprint density at radius 1 is 1.37 bits per heavy atom. The van der Waals surface area contributed by atoms with Gasteiger partial charge in [-0.25, -0.2) is 9.36 Å². The monoisotopic (exact) mass is 274 g/mol. The number of nitrogen functional groups attached to an aromatic ring is 1. The highest BCUT2D eigenvalue weighted by Gasteiger charge is 2.08. The van der Waals surface area contributed by atoms with Gasteiger partial charge in [0.25, 0.3) is 5.56 Å². The quantitative estimate of drug-likeness (QED) is 0.521. The van der Waals surface area contributed by atoms with Crippen molar-refractivity contribution in [3.8, 4) is 0 Å². The Bertz CT molecular complexity index is 861. The minimum atomic E-state index is -0.188. The second-order valence-electron chi connectivity index (χ2n) is 4.01. The third-order valence-corrected chi connectivity index (χ3v) is 3.12. The topological polar surface area (TPSA) is 94.5 Å². The standard InChI is InChI=1S/C11H10N6OS/c12-17-9(14-15-11(17)19)6-16-10(18)8-4-2-1-3-7(8)5-13-16/h1-5H,6,12H2,(H,15,19). The number of aromatic nitrogens is 5. The minimum absolute atomic E-state index is 0.160. The van der Waals surface area contributed by atoms with E-state index in [2.05, 4.69) is 15.3 Å². The molecule has 0 saturated heterocycles. The summed E-state index contributed by atoms with van der Waals surface area (Å²) in [6.07, 6.45) is 1.64. The van der Waals surface area contributed by atoms with Crippen LogP contribution in [0.2, 0.25) is 0 Å². The second-order valence-corrected chi connectivity index (χ2v) is 4.40. The maximum atomic E-state index is 12.2. The number of nitrogens with two attached hydrogens (primary N) is 1. The molecular weight excluding hydrogens is 264 g/mol. The number of H-pyrrole nitrogens is 1. The first-order valence-corrected chi connectivity index (χ1v) is 5.94. The number of hydrogen-bond acceptors (Lipinski definition) is 5. The predicted molar refractivity (Wildman–Crippen MR) is 72.7 cm³/mol. The van der Waals surface area contributed by atoms with E-state index in [9.17, 15) is 4.79 Å². The molecular formula is C11H10N6OS. The smallest absolute Gasteiger partial charge is 0.275 e. The van der Waals surface area contributed by atoms with E-state index in [4.69, 9.17) is 18.1 Å². The van der Waals surface area contributed by atoms with Gasteiger partial charge in [-0.15, -0.1) is 0 Å². The lowest BCUT2D eigenvalue weighted by molar-refractivity contribution is 0.608. The second kappa shape index (κ2) is 4.32. The van der Waals surface area contributed by atoms with E-state index >= 15 is 0 Å². The Balaban J connectivity index is 2.11. The fourth-order valence-corrected chi connectivity index (χ4v) is 1.97. The van der Waals surface area contributed by atoms with Crippen molar-refractivity contribution in [1.29, 1.82) is 0 Å². The zero-order chi connectivity index (χ0) is 13.4. The molecule has 0 spiro atoms. The highest BCUT2D eigenvalue weighted by molar-refractivity contribution is 7.71. The van der Waals surface area contributed by atoms with Gasteiger partial charge in [-0.2, -0.15) is 10.2 Å². The average molecular weight is 274 g/mol. The average Bonchev–Trinajstić information content (AvgIpc) is 2.74. The van der Waals surface area contributed by atoms with Crippen LogP contribution in [0.1, 0.15) is 5.82 Å². The number of rotatable bonds is 2. The largest absolute Gasteiger partial charge is 0.335 e. The van der Waals surface area contributed by atoms with Crippen LogP contribution in [-0.2, 0) is 6.54 Å². The SMILES string of the molecule is Nn1c(Cn2ncc3ccccc3c2=O)n[nH]c1=S. The summed E-state index contributed by atoms with van der Waals surface area (Å²) in [7, 11) is 0. The summed E-state index contributed by atoms with van der Waals surface area (Å²) in [5.74, 6) is 6.13. The zero-order valence-corrected chi connectivity index (χ0v) is 10.6. The van der Waals surface area contributed by atoms with Crippen LogP contribution in [0.5, 0.6) is 0 Å². The zero-order valence-electron chi connectivity index (χ0n) is 9.78. The molecule has 0 atom stereocenters. The molecule has 2 heterocycles. The van der Waals surface area contributed by atoms with Gasteiger partial charge in [0.15, 0.2) is 5.82 Å². The lowest BCUT2D eigenvalue weighted by Gasteiger charge is -2.05. The third-order valence-electron chi connectivity index (χ3n) is 2.83. The minimum Gasteiger partial charge on any atom is -0.335 e. The van der Waals surface area contributed by atoms with Gasteiger partial charge in [0, 0.05) is 5.39 Å². The van der Waals surface area contributed by atoms with Crippen LogP contribution in [0.3, 0.4) is 0 Å². The molecule has 0 radical (unpaired) electrons. The van der Waals surface area contributed by atoms with Gasteiger partial charge in [0.05, 0.1) is 11.6 Å². The number of nitrogens with one attached hydrogen (secondary N) is 1. The van der Waals surface area contributed by atoms with Gasteiger partial charge in [0.2, 0.25) is 4.77 Å². The summed E-state index contributed by atoms with van der Waals surface area (Å²) < 4.78 is 2.82. The van der Waals surface area contributed by atoms with E-state index in [1.165, 1.54) is 9.36 Å². The Morgan fingerprint density at radius 3 is 2.89 bits per heavy atom. The van der Waals surface area contributed by atoms with Crippen molar-refractivity contribution in [2.24, 2.45) is 0 Å². The summed E-state index contributed by atoms with van der Waals surface area (Å²) in [5.41, 5.74) is -0.188. The molecule has 3 rings (SSSR count). The fraction of sp³-hybridized carbons (Fsp3) is 0.0909. The highest BCUT2D eigenvalue weighted by Crippen LogP contribution is 2.06. The number of hydrogen-bond donors (Lipinski definition) is 2. The highest BCUT2D eigenvalue weighted by atomic mass is 32.1. The van der Waals surface area contributed by atoms with Crippen LogP contribution >= 0.6 is 12.2 Å². The lowest BCUT2D eigenvalue weighted by atomic mass is 10.2. The molecule has 0 bridgehead atoms. The van der Waals surface area contributed by atoms with E-state index in [0.29, 0.717) is 16.0 Å². The molecule has 2 aromatic heterocycles. The van der Waals surface area contributed by atoms with Crippen LogP contribution in [0.25, 0.3) is 10.8 Å². The van der Waals surface area contributed by atoms with Gasteiger partial charge >= 0.3 is 0 Å². The molecule has 0 fully saturated rings. The molecule has 0 aliphatic rings. The molecule has 3 aromatic rings. The van der Waals surface area contributed by atoms with E-state index in [-0.39, 0.29) is 12.1 Å². The van der Waals surface area contributed by atoms with E-state index in [1.54, 1.807) is 12.3 Å². The fourth-order valence-electron chi connectivity index (χ4n) is 1.82. The molecule has 0 unspecified atom stereocenters. The third kappa shape index (κ3) is 1.91.